The standard InChI is InChI=1S/C9H14N2O/c1-7(2)12-9-5-3-8(11-10)4-6-9/h3-7,11H,10H2,1-2H3. The fourth-order valence-electron chi connectivity index (χ4n) is 0.902. The molecule has 0 spiro atoms. The maximum Gasteiger partial charge on any atom is 0.119 e. The summed E-state index contributed by atoms with van der Waals surface area (Å²) >= 11 is 0. The topological polar surface area (TPSA) is 47.3 Å². The van der Waals surface area contributed by atoms with E-state index >= 15 is 0 Å². The molecule has 0 bridgehead atoms. The molecule has 1 rings (SSSR count). The smallest absolute Gasteiger partial charge is 0.119 e. The van der Waals surface area contributed by atoms with Crippen molar-refractivity contribution in [3.8, 4) is 5.75 Å². The van der Waals surface area contributed by atoms with Gasteiger partial charge in [0.2, 0.25) is 0 Å². The van der Waals surface area contributed by atoms with Crippen molar-refractivity contribution in [2.24, 2.45) is 5.84 Å². The van der Waals surface area contributed by atoms with Crippen LogP contribution in [0.2, 0.25) is 0 Å². The van der Waals surface area contributed by atoms with E-state index < -0.39 is 0 Å². The number of hydrogen-bond donors (Lipinski definition) is 2. The molecule has 0 aromatic heterocycles. The Morgan fingerprint density at radius 1 is 1.25 bits per heavy atom. The van der Waals surface area contributed by atoms with E-state index in [0.717, 1.165) is 11.4 Å². The maximum atomic E-state index is 5.45. The monoisotopic (exact) mass is 166 g/mol. The highest BCUT2D eigenvalue weighted by atomic mass is 16.5. The quantitative estimate of drug-likeness (QED) is 0.531. The Morgan fingerprint density at radius 2 is 1.83 bits per heavy atom. The minimum absolute atomic E-state index is 0.210. The van der Waals surface area contributed by atoms with Gasteiger partial charge in [0, 0.05) is 5.69 Å². The Hall–Kier alpha value is -1.22. The third-order valence-electron chi connectivity index (χ3n) is 1.39. The van der Waals surface area contributed by atoms with Crippen LogP contribution in [0.4, 0.5) is 5.69 Å². The molecule has 0 heterocycles. The fourth-order valence-corrected chi connectivity index (χ4v) is 0.902. The molecule has 0 amide bonds. The Balaban J connectivity index is 2.65. The molecule has 66 valence electrons. The molecule has 0 saturated carbocycles. The maximum absolute atomic E-state index is 5.45. The molecule has 1 aromatic rings. The first kappa shape index (κ1) is 8.87. The number of anilines is 1. The van der Waals surface area contributed by atoms with Gasteiger partial charge in [-0.05, 0) is 38.1 Å². The molecule has 3 heteroatoms. The van der Waals surface area contributed by atoms with Crippen LogP contribution in [-0.2, 0) is 0 Å². The summed E-state index contributed by atoms with van der Waals surface area (Å²) in [6, 6.07) is 7.51. The van der Waals surface area contributed by atoms with Crippen LogP contribution in [0.25, 0.3) is 0 Å². The van der Waals surface area contributed by atoms with E-state index in [-0.39, 0.29) is 6.10 Å². The molecular weight excluding hydrogens is 152 g/mol. The Morgan fingerprint density at radius 3 is 2.25 bits per heavy atom. The SMILES string of the molecule is CC(C)Oc1ccc(NN)cc1. The number of benzene rings is 1. The van der Waals surface area contributed by atoms with Crippen LogP contribution >= 0.6 is 0 Å². The summed E-state index contributed by atoms with van der Waals surface area (Å²) in [4.78, 5) is 0. The molecule has 12 heavy (non-hydrogen) atoms. The summed E-state index contributed by atoms with van der Waals surface area (Å²) in [5.41, 5.74) is 3.43. The van der Waals surface area contributed by atoms with Crippen LogP contribution < -0.4 is 16.0 Å². The van der Waals surface area contributed by atoms with E-state index in [2.05, 4.69) is 5.43 Å². The highest BCUT2D eigenvalue weighted by Gasteiger charge is 1.96. The average Bonchev–Trinajstić information content (AvgIpc) is 2.05. The zero-order valence-corrected chi connectivity index (χ0v) is 7.37. The van der Waals surface area contributed by atoms with Gasteiger partial charge in [-0.25, -0.2) is 0 Å². The van der Waals surface area contributed by atoms with Crippen molar-refractivity contribution in [3.05, 3.63) is 24.3 Å². The third-order valence-corrected chi connectivity index (χ3v) is 1.39. The van der Waals surface area contributed by atoms with Crippen LogP contribution in [0.15, 0.2) is 24.3 Å². The van der Waals surface area contributed by atoms with Gasteiger partial charge in [0.05, 0.1) is 6.10 Å². The van der Waals surface area contributed by atoms with Gasteiger partial charge >= 0.3 is 0 Å². The van der Waals surface area contributed by atoms with E-state index in [0.29, 0.717) is 0 Å². The zero-order chi connectivity index (χ0) is 8.97. The Kier molecular flexibility index (Phi) is 2.94. The van der Waals surface area contributed by atoms with Gasteiger partial charge in [-0.2, -0.15) is 0 Å². The summed E-state index contributed by atoms with van der Waals surface area (Å²) < 4.78 is 5.45. The largest absolute Gasteiger partial charge is 0.491 e. The lowest BCUT2D eigenvalue weighted by atomic mass is 10.3. The summed E-state index contributed by atoms with van der Waals surface area (Å²) in [6.07, 6.45) is 0.210. The molecule has 0 aliphatic rings. The minimum atomic E-state index is 0.210. The lowest BCUT2D eigenvalue weighted by molar-refractivity contribution is 0.242. The van der Waals surface area contributed by atoms with Crippen molar-refractivity contribution in [3.63, 3.8) is 0 Å². The highest BCUT2D eigenvalue weighted by Crippen LogP contribution is 2.15. The second-order valence-electron chi connectivity index (χ2n) is 2.84. The lowest BCUT2D eigenvalue weighted by Gasteiger charge is -2.09. The first-order valence-corrected chi connectivity index (χ1v) is 3.95. The molecule has 3 N–H and O–H groups in total. The third kappa shape index (κ3) is 2.43. The lowest BCUT2D eigenvalue weighted by Crippen LogP contribution is -2.07. The molecule has 0 aliphatic carbocycles. The molecule has 0 fully saturated rings. The fraction of sp³-hybridized carbons (Fsp3) is 0.333. The van der Waals surface area contributed by atoms with E-state index in [1.54, 1.807) is 0 Å². The molecule has 0 radical (unpaired) electrons. The molecule has 0 unspecified atom stereocenters. The number of nitrogen functional groups attached to an aromatic ring is 1. The van der Waals surface area contributed by atoms with E-state index in [1.165, 1.54) is 0 Å². The van der Waals surface area contributed by atoms with E-state index in [1.807, 2.05) is 38.1 Å². The number of hydrazine groups is 1. The Labute approximate surface area is 72.5 Å². The first-order valence-electron chi connectivity index (χ1n) is 3.95. The summed E-state index contributed by atoms with van der Waals surface area (Å²) in [6.45, 7) is 3.99. The van der Waals surface area contributed by atoms with Crippen molar-refractivity contribution in [1.29, 1.82) is 0 Å². The van der Waals surface area contributed by atoms with Crippen LogP contribution in [-0.4, -0.2) is 6.10 Å². The van der Waals surface area contributed by atoms with Gasteiger partial charge in [-0.15, -0.1) is 0 Å². The molecule has 0 aliphatic heterocycles. The number of ether oxygens (including phenoxy) is 1. The van der Waals surface area contributed by atoms with Crippen molar-refractivity contribution < 1.29 is 4.74 Å². The second kappa shape index (κ2) is 3.97. The van der Waals surface area contributed by atoms with Gasteiger partial charge < -0.3 is 10.2 Å². The first-order chi connectivity index (χ1) is 5.72. The highest BCUT2D eigenvalue weighted by molar-refractivity contribution is 5.45. The van der Waals surface area contributed by atoms with Crippen LogP contribution in [0.1, 0.15) is 13.8 Å². The van der Waals surface area contributed by atoms with Crippen molar-refractivity contribution in [1.82, 2.24) is 0 Å². The average molecular weight is 166 g/mol. The van der Waals surface area contributed by atoms with Gasteiger partial charge in [0.25, 0.3) is 0 Å². The van der Waals surface area contributed by atoms with E-state index in [4.69, 9.17) is 10.6 Å². The normalized spacial score (nSPS) is 10.0. The molecule has 0 saturated heterocycles. The summed E-state index contributed by atoms with van der Waals surface area (Å²) in [5, 5.41) is 0. The molecule has 0 atom stereocenters. The van der Waals surface area contributed by atoms with Crippen LogP contribution in [0.5, 0.6) is 5.75 Å². The number of hydrogen-bond acceptors (Lipinski definition) is 3. The minimum Gasteiger partial charge on any atom is -0.491 e. The van der Waals surface area contributed by atoms with Crippen molar-refractivity contribution >= 4 is 5.69 Å². The van der Waals surface area contributed by atoms with Gasteiger partial charge in [0.1, 0.15) is 5.75 Å². The number of rotatable bonds is 3. The zero-order valence-electron chi connectivity index (χ0n) is 7.37. The van der Waals surface area contributed by atoms with Crippen LogP contribution in [0.3, 0.4) is 0 Å². The van der Waals surface area contributed by atoms with Crippen molar-refractivity contribution in [2.75, 3.05) is 5.43 Å². The van der Waals surface area contributed by atoms with Crippen molar-refractivity contribution in [2.45, 2.75) is 20.0 Å². The van der Waals surface area contributed by atoms with Gasteiger partial charge in [-0.1, -0.05) is 0 Å². The molecular formula is C9H14N2O. The summed E-state index contributed by atoms with van der Waals surface area (Å²) in [5.74, 6) is 6.08. The Bertz CT molecular complexity index is 231. The van der Waals surface area contributed by atoms with E-state index in [9.17, 15) is 0 Å². The predicted octanol–water partition coefficient (Wildman–Crippen LogP) is 1.76. The molecule has 3 nitrogen and oxygen atoms in total. The number of nitrogens with two attached hydrogens (primary N) is 1. The number of nitrogens with one attached hydrogen (secondary N) is 1. The van der Waals surface area contributed by atoms with Gasteiger partial charge in [-0.3, -0.25) is 5.84 Å². The van der Waals surface area contributed by atoms with Crippen LogP contribution in [0, 0.1) is 0 Å². The second-order valence-corrected chi connectivity index (χ2v) is 2.84. The predicted molar refractivity (Wildman–Crippen MR) is 50.0 cm³/mol. The van der Waals surface area contributed by atoms with Gasteiger partial charge in [0.15, 0.2) is 0 Å². The molecule has 1 aromatic carbocycles. The summed E-state index contributed by atoms with van der Waals surface area (Å²) in [7, 11) is 0.